The molecule has 0 radical (unpaired) electrons. The average Bonchev–Trinajstić information content (AvgIpc) is 2.78. The highest BCUT2D eigenvalue weighted by molar-refractivity contribution is 4.87. The van der Waals surface area contributed by atoms with Crippen molar-refractivity contribution >= 4 is 0 Å². The van der Waals surface area contributed by atoms with Gasteiger partial charge in [0.25, 0.3) is 0 Å². The third kappa shape index (κ3) is 21.2. The van der Waals surface area contributed by atoms with E-state index in [1.807, 2.05) is 4.90 Å². The summed E-state index contributed by atoms with van der Waals surface area (Å²) < 4.78 is 0. The van der Waals surface area contributed by atoms with Gasteiger partial charge in [0.2, 0.25) is 0 Å². The van der Waals surface area contributed by atoms with Crippen molar-refractivity contribution in [1.29, 1.82) is 5.26 Å². The van der Waals surface area contributed by atoms with Crippen LogP contribution in [0.15, 0.2) is 0 Å². The maximum atomic E-state index is 9.44. The first-order valence-corrected chi connectivity index (χ1v) is 13.7. The highest BCUT2D eigenvalue weighted by Crippen LogP contribution is 2.14. The van der Waals surface area contributed by atoms with Gasteiger partial charge >= 0.3 is 0 Å². The molecule has 0 aliphatic carbocycles. The fourth-order valence-corrected chi connectivity index (χ4v) is 4.43. The van der Waals surface area contributed by atoms with Crippen LogP contribution in [0.2, 0.25) is 0 Å². The minimum Gasteiger partial charge on any atom is -0.395 e. The summed E-state index contributed by atoms with van der Waals surface area (Å²) in [5.74, 6) is -0.0841. The minimum absolute atomic E-state index is 0.0627. The molecule has 0 aliphatic heterocycles. The van der Waals surface area contributed by atoms with Crippen LogP contribution in [0.4, 0.5) is 0 Å². The van der Waals surface area contributed by atoms with E-state index >= 15 is 0 Å². The van der Waals surface area contributed by atoms with E-state index in [1.165, 1.54) is 103 Å². The fourth-order valence-electron chi connectivity index (χ4n) is 4.43. The van der Waals surface area contributed by atoms with Crippen LogP contribution in [-0.4, -0.2) is 73.0 Å². The van der Waals surface area contributed by atoms with Crippen LogP contribution in [-0.2, 0) is 0 Å². The molecular weight excluding hydrogens is 398 g/mol. The molecule has 32 heavy (non-hydrogen) atoms. The second-order valence-electron chi connectivity index (χ2n) is 9.64. The molecule has 5 nitrogen and oxygen atoms in total. The highest BCUT2D eigenvalue weighted by atomic mass is 16.3. The zero-order chi connectivity index (χ0) is 23.7. The average molecular weight is 454 g/mol. The van der Waals surface area contributed by atoms with Crippen molar-refractivity contribution in [3.63, 3.8) is 0 Å². The second kappa shape index (κ2) is 25.0. The van der Waals surface area contributed by atoms with Crippen LogP contribution in [0.25, 0.3) is 0 Å². The van der Waals surface area contributed by atoms with Gasteiger partial charge in [0.15, 0.2) is 0 Å². The third-order valence-corrected chi connectivity index (χ3v) is 6.42. The Morgan fingerprint density at radius 1 is 0.625 bits per heavy atom. The molecule has 5 heteroatoms. The van der Waals surface area contributed by atoms with Gasteiger partial charge in [-0.05, 0) is 20.0 Å². The Morgan fingerprint density at radius 2 is 1.03 bits per heavy atom. The number of hydrogen-bond acceptors (Lipinski definition) is 5. The van der Waals surface area contributed by atoms with Crippen molar-refractivity contribution in [2.75, 3.05) is 53.0 Å². The van der Waals surface area contributed by atoms with Crippen molar-refractivity contribution in [1.82, 2.24) is 9.80 Å². The SMILES string of the molecule is CCCCCCCCCCCCCCCCCCN(C)CC(C#N)CN(CCO)CCO. The smallest absolute Gasteiger partial charge is 0.0717 e. The quantitative estimate of drug-likeness (QED) is 0.176. The lowest BCUT2D eigenvalue weighted by Crippen LogP contribution is -2.38. The Bertz CT molecular complexity index is 408. The van der Waals surface area contributed by atoms with Crippen LogP contribution >= 0.6 is 0 Å². The molecule has 0 saturated carbocycles. The Balaban J connectivity index is 3.51. The van der Waals surface area contributed by atoms with Gasteiger partial charge in [0.05, 0.1) is 25.2 Å². The topological polar surface area (TPSA) is 70.7 Å². The van der Waals surface area contributed by atoms with Crippen LogP contribution in [0, 0.1) is 17.2 Å². The minimum atomic E-state index is -0.0841. The molecule has 0 aromatic carbocycles. The lowest BCUT2D eigenvalue weighted by molar-refractivity contribution is 0.144. The molecule has 0 amide bonds. The molecular formula is C27H55N3O2. The van der Waals surface area contributed by atoms with Gasteiger partial charge < -0.3 is 15.1 Å². The summed E-state index contributed by atoms with van der Waals surface area (Å²) in [6.45, 7) is 5.84. The molecule has 1 atom stereocenters. The molecule has 1 unspecified atom stereocenters. The van der Waals surface area contributed by atoms with Crippen molar-refractivity contribution in [3.8, 4) is 6.07 Å². The molecule has 0 aliphatic rings. The molecule has 0 bridgehead atoms. The maximum Gasteiger partial charge on any atom is 0.0717 e. The van der Waals surface area contributed by atoms with Crippen molar-refractivity contribution < 1.29 is 10.2 Å². The van der Waals surface area contributed by atoms with Crippen LogP contribution in [0.3, 0.4) is 0 Å². The number of nitriles is 1. The summed E-state index contributed by atoms with van der Waals surface area (Å²) >= 11 is 0. The standard InChI is InChI=1S/C27H55N3O2/c1-3-4-5-6-7-8-9-10-11-12-13-14-15-16-17-18-19-29(2)25-27(24-28)26-30(20-22-31)21-23-32/h27,31-32H,3-23,25-26H2,1-2H3. The van der Waals surface area contributed by atoms with Gasteiger partial charge in [0, 0.05) is 26.2 Å². The van der Waals surface area contributed by atoms with E-state index in [4.69, 9.17) is 10.2 Å². The predicted molar refractivity (Wildman–Crippen MR) is 137 cm³/mol. The van der Waals surface area contributed by atoms with Crippen LogP contribution in [0.1, 0.15) is 110 Å². The highest BCUT2D eigenvalue weighted by Gasteiger charge is 2.15. The first-order valence-electron chi connectivity index (χ1n) is 13.7. The lowest BCUT2D eigenvalue weighted by Gasteiger charge is -2.25. The monoisotopic (exact) mass is 453 g/mol. The van der Waals surface area contributed by atoms with E-state index in [0.717, 1.165) is 13.1 Å². The number of unbranched alkanes of at least 4 members (excludes halogenated alkanes) is 15. The van der Waals surface area contributed by atoms with E-state index < -0.39 is 0 Å². The normalized spacial score (nSPS) is 12.5. The molecule has 0 spiro atoms. The Hall–Kier alpha value is -0.670. The summed E-state index contributed by atoms with van der Waals surface area (Å²) in [5.41, 5.74) is 0. The number of nitrogens with zero attached hydrogens (tertiary/aromatic N) is 3. The van der Waals surface area contributed by atoms with Gasteiger partial charge in [0.1, 0.15) is 0 Å². The summed E-state index contributed by atoms with van der Waals surface area (Å²) in [6.07, 6.45) is 22.2. The lowest BCUT2D eigenvalue weighted by atomic mass is 10.0. The van der Waals surface area contributed by atoms with E-state index in [0.29, 0.717) is 19.6 Å². The first-order chi connectivity index (χ1) is 15.7. The van der Waals surface area contributed by atoms with E-state index in [-0.39, 0.29) is 19.1 Å². The molecule has 0 fully saturated rings. The first kappa shape index (κ1) is 31.3. The third-order valence-electron chi connectivity index (χ3n) is 6.42. The molecule has 0 saturated heterocycles. The van der Waals surface area contributed by atoms with E-state index in [9.17, 15) is 5.26 Å². The molecule has 2 N–H and O–H groups in total. The molecule has 0 aromatic rings. The van der Waals surface area contributed by atoms with Crippen LogP contribution < -0.4 is 0 Å². The summed E-state index contributed by atoms with van der Waals surface area (Å²) in [6, 6.07) is 2.39. The van der Waals surface area contributed by atoms with Gasteiger partial charge in [-0.15, -0.1) is 0 Å². The van der Waals surface area contributed by atoms with Crippen LogP contribution in [0.5, 0.6) is 0 Å². The molecule has 190 valence electrons. The number of aliphatic hydroxyl groups is 2. The summed E-state index contributed by atoms with van der Waals surface area (Å²) in [4.78, 5) is 4.23. The Labute approximate surface area is 200 Å². The van der Waals surface area contributed by atoms with Gasteiger partial charge in [-0.25, -0.2) is 0 Å². The van der Waals surface area contributed by atoms with E-state index in [2.05, 4.69) is 24.9 Å². The zero-order valence-electron chi connectivity index (χ0n) is 21.6. The van der Waals surface area contributed by atoms with E-state index in [1.54, 1.807) is 0 Å². The second-order valence-corrected chi connectivity index (χ2v) is 9.64. The molecule has 0 aromatic heterocycles. The van der Waals surface area contributed by atoms with Gasteiger partial charge in [-0.1, -0.05) is 103 Å². The van der Waals surface area contributed by atoms with Crippen molar-refractivity contribution in [2.24, 2.45) is 5.92 Å². The Morgan fingerprint density at radius 3 is 1.41 bits per heavy atom. The zero-order valence-corrected chi connectivity index (χ0v) is 21.6. The van der Waals surface area contributed by atoms with Gasteiger partial charge in [-0.2, -0.15) is 5.26 Å². The molecule has 0 heterocycles. The number of aliphatic hydroxyl groups excluding tert-OH is 2. The fraction of sp³-hybridized carbons (Fsp3) is 0.963. The summed E-state index contributed by atoms with van der Waals surface area (Å²) in [5, 5.41) is 27.7. The predicted octanol–water partition coefficient (Wildman–Crippen LogP) is 5.61. The number of rotatable bonds is 25. The number of hydrogen-bond donors (Lipinski definition) is 2. The summed E-state index contributed by atoms with van der Waals surface area (Å²) in [7, 11) is 2.10. The largest absolute Gasteiger partial charge is 0.395 e. The van der Waals surface area contributed by atoms with Crippen molar-refractivity contribution in [3.05, 3.63) is 0 Å². The molecule has 0 rings (SSSR count). The van der Waals surface area contributed by atoms with Crippen molar-refractivity contribution in [2.45, 2.75) is 110 Å². The maximum absolute atomic E-state index is 9.44. The van der Waals surface area contributed by atoms with Gasteiger partial charge in [-0.3, -0.25) is 4.90 Å². The Kier molecular flexibility index (Phi) is 24.4.